The molecular weight excluding hydrogens is 300 g/mol. The minimum absolute atomic E-state index is 0.124. The van der Waals surface area contributed by atoms with Gasteiger partial charge in [-0.15, -0.1) is 11.6 Å². The number of Topliss-reactive ketones (excluding diaryl/α,β-unsaturated/α-hetero) is 2. The molecule has 1 atom stereocenters. The Morgan fingerprint density at radius 2 is 1.68 bits per heavy atom. The molecule has 0 aromatic heterocycles. The lowest BCUT2D eigenvalue weighted by atomic mass is 9.73. The van der Waals surface area contributed by atoms with Crippen molar-refractivity contribution in [2.75, 3.05) is 12.5 Å². The number of carbonyl (C=O) groups excluding carboxylic acids is 2. The van der Waals surface area contributed by atoms with E-state index in [1.165, 1.54) is 0 Å². The van der Waals surface area contributed by atoms with Crippen molar-refractivity contribution in [3.8, 4) is 0 Å². The van der Waals surface area contributed by atoms with E-state index in [4.69, 9.17) is 16.3 Å². The van der Waals surface area contributed by atoms with Crippen molar-refractivity contribution in [3.63, 3.8) is 0 Å². The molecule has 4 heteroatoms. The highest BCUT2D eigenvalue weighted by atomic mass is 35.5. The molecule has 0 spiro atoms. The molecule has 22 heavy (non-hydrogen) atoms. The van der Waals surface area contributed by atoms with E-state index >= 15 is 0 Å². The smallest absolute Gasteiger partial charge is 0.142 e. The lowest BCUT2D eigenvalue weighted by Crippen LogP contribution is -2.47. The largest absolute Gasteiger partial charge is 0.375 e. The van der Waals surface area contributed by atoms with E-state index in [1.54, 1.807) is 0 Å². The van der Waals surface area contributed by atoms with Crippen molar-refractivity contribution >= 4 is 23.2 Å². The second-order valence-corrected chi connectivity index (χ2v) is 7.46. The number of rotatable bonds is 12. The van der Waals surface area contributed by atoms with Crippen LogP contribution >= 0.6 is 11.6 Å². The highest BCUT2D eigenvalue weighted by Gasteiger charge is 2.43. The molecular formula is C18H33ClO3. The minimum Gasteiger partial charge on any atom is -0.375 e. The summed E-state index contributed by atoms with van der Waals surface area (Å²) in [5, 5.41) is 0. The van der Waals surface area contributed by atoms with Crippen LogP contribution in [0.1, 0.15) is 73.6 Å². The Kier molecular flexibility index (Phi) is 9.49. The van der Waals surface area contributed by atoms with Crippen LogP contribution in [0.4, 0.5) is 0 Å². The summed E-state index contributed by atoms with van der Waals surface area (Å²) in [5.41, 5.74) is -1.12. The number of hydrogen-bond donors (Lipinski definition) is 0. The molecule has 0 bridgehead atoms. The van der Waals surface area contributed by atoms with Crippen LogP contribution in [0.3, 0.4) is 0 Å². The van der Waals surface area contributed by atoms with Gasteiger partial charge in [-0.3, -0.25) is 9.59 Å². The van der Waals surface area contributed by atoms with E-state index in [2.05, 4.69) is 0 Å². The third kappa shape index (κ3) is 6.37. The molecule has 0 rings (SSSR count). The van der Waals surface area contributed by atoms with Gasteiger partial charge in [0, 0.05) is 31.2 Å². The van der Waals surface area contributed by atoms with Crippen LogP contribution in [0.5, 0.6) is 0 Å². The highest BCUT2D eigenvalue weighted by molar-refractivity contribution is 6.19. The summed E-state index contributed by atoms with van der Waals surface area (Å²) in [6.45, 7) is 12.3. The summed E-state index contributed by atoms with van der Waals surface area (Å²) in [6, 6.07) is 0. The Labute approximate surface area is 141 Å². The second kappa shape index (κ2) is 9.67. The van der Waals surface area contributed by atoms with Crippen molar-refractivity contribution in [3.05, 3.63) is 0 Å². The fraction of sp³-hybridized carbons (Fsp3) is 0.889. The van der Waals surface area contributed by atoms with Crippen LogP contribution in [0.25, 0.3) is 0 Å². The topological polar surface area (TPSA) is 43.4 Å². The van der Waals surface area contributed by atoms with E-state index in [9.17, 15) is 9.59 Å². The van der Waals surface area contributed by atoms with Gasteiger partial charge in [-0.25, -0.2) is 0 Å². The van der Waals surface area contributed by atoms with Gasteiger partial charge in [0.2, 0.25) is 0 Å². The van der Waals surface area contributed by atoms with E-state index in [0.717, 1.165) is 19.3 Å². The summed E-state index contributed by atoms with van der Waals surface area (Å²) >= 11 is 5.67. The monoisotopic (exact) mass is 332 g/mol. The molecule has 0 fully saturated rings. The third-order valence-electron chi connectivity index (χ3n) is 4.97. The first-order chi connectivity index (χ1) is 10.1. The van der Waals surface area contributed by atoms with Crippen molar-refractivity contribution < 1.29 is 14.3 Å². The molecule has 1 unspecified atom stereocenters. The summed E-state index contributed by atoms with van der Waals surface area (Å²) in [5.74, 6) is 0.957. The average molecular weight is 333 g/mol. The number of halogens is 1. The quantitative estimate of drug-likeness (QED) is 0.381. The Balaban J connectivity index is 4.23. The maximum Gasteiger partial charge on any atom is 0.142 e. The normalized spacial score (nSPS) is 14.0. The predicted molar refractivity (Wildman–Crippen MR) is 92.5 cm³/mol. The molecule has 0 aliphatic rings. The van der Waals surface area contributed by atoms with Crippen LogP contribution in [0.2, 0.25) is 0 Å². The van der Waals surface area contributed by atoms with Crippen LogP contribution < -0.4 is 0 Å². The molecule has 0 heterocycles. The number of ketones is 2. The van der Waals surface area contributed by atoms with Gasteiger partial charge in [0.15, 0.2) is 0 Å². The summed E-state index contributed by atoms with van der Waals surface area (Å²) in [4.78, 5) is 23.9. The predicted octanol–water partition coefficient (Wildman–Crippen LogP) is 4.79. The average Bonchev–Trinajstić information content (AvgIpc) is 2.45. The van der Waals surface area contributed by atoms with Crippen molar-refractivity contribution in [1.29, 1.82) is 0 Å². The van der Waals surface area contributed by atoms with Gasteiger partial charge in [0.1, 0.15) is 11.6 Å². The van der Waals surface area contributed by atoms with Gasteiger partial charge in [0.25, 0.3) is 0 Å². The van der Waals surface area contributed by atoms with Gasteiger partial charge in [0.05, 0.1) is 11.0 Å². The van der Waals surface area contributed by atoms with Crippen molar-refractivity contribution in [2.24, 2.45) is 11.3 Å². The van der Waals surface area contributed by atoms with E-state index < -0.39 is 11.0 Å². The van der Waals surface area contributed by atoms with Crippen molar-refractivity contribution in [1.82, 2.24) is 0 Å². The molecule has 3 nitrogen and oxygen atoms in total. The number of ether oxygens (including phenoxy) is 1. The molecule has 0 radical (unpaired) electrons. The highest BCUT2D eigenvalue weighted by Crippen LogP contribution is 2.36. The van der Waals surface area contributed by atoms with Crippen LogP contribution in [-0.4, -0.2) is 29.7 Å². The van der Waals surface area contributed by atoms with Gasteiger partial charge >= 0.3 is 0 Å². The Bertz CT molecular complexity index is 361. The Morgan fingerprint density at radius 3 is 2.18 bits per heavy atom. The third-order valence-corrected chi connectivity index (χ3v) is 5.16. The van der Waals surface area contributed by atoms with Gasteiger partial charge in [-0.05, 0) is 33.1 Å². The summed E-state index contributed by atoms with van der Waals surface area (Å²) in [6.07, 6.45) is 3.57. The first kappa shape index (κ1) is 21.6. The molecule has 0 aliphatic carbocycles. The lowest BCUT2D eigenvalue weighted by molar-refractivity contribution is -0.148. The molecule has 0 aliphatic heterocycles. The van der Waals surface area contributed by atoms with Crippen LogP contribution in [0.15, 0.2) is 0 Å². The fourth-order valence-corrected chi connectivity index (χ4v) is 2.29. The number of alkyl halides is 1. The molecule has 0 N–H and O–H groups in total. The molecule has 0 amide bonds. The number of carbonyl (C=O) groups is 2. The van der Waals surface area contributed by atoms with Crippen LogP contribution in [-0.2, 0) is 14.3 Å². The lowest BCUT2D eigenvalue weighted by Gasteiger charge is -2.40. The maximum absolute atomic E-state index is 12.2. The zero-order chi connectivity index (χ0) is 17.4. The molecule has 130 valence electrons. The molecule has 0 aromatic rings. The summed E-state index contributed by atoms with van der Waals surface area (Å²) in [7, 11) is 0. The zero-order valence-corrected chi connectivity index (χ0v) is 15.9. The first-order valence-electron chi connectivity index (χ1n) is 8.36. The molecule has 0 aromatic carbocycles. The zero-order valence-electron chi connectivity index (χ0n) is 15.1. The summed E-state index contributed by atoms with van der Waals surface area (Å²) < 4.78 is 5.96. The second-order valence-electron chi connectivity index (χ2n) is 7.08. The fourth-order valence-electron chi connectivity index (χ4n) is 2.12. The van der Waals surface area contributed by atoms with E-state index in [-0.39, 0.29) is 11.7 Å². The molecule has 0 saturated carbocycles. The Hall–Kier alpha value is -0.410. The first-order valence-corrected chi connectivity index (χ1v) is 8.89. The van der Waals surface area contributed by atoms with Crippen LogP contribution in [0, 0.1) is 11.3 Å². The van der Waals surface area contributed by atoms with Gasteiger partial charge < -0.3 is 4.74 Å². The molecule has 0 saturated heterocycles. The van der Waals surface area contributed by atoms with Gasteiger partial charge in [-0.2, -0.15) is 0 Å². The SMILES string of the molecule is CCC(C)C(=O)CCCCOC(C)(C)C(C)(C)C(=O)CCCl. The van der Waals surface area contributed by atoms with E-state index in [1.807, 2.05) is 41.5 Å². The minimum atomic E-state index is -0.575. The number of unbranched alkanes of at least 4 members (excludes halogenated alkanes) is 1. The Morgan fingerprint density at radius 1 is 1.09 bits per heavy atom. The maximum atomic E-state index is 12.2. The van der Waals surface area contributed by atoms with Gasteiger partial charge in [-0.1, -0.05) is 27.7 Å². The standard InChI is InChI=1S/C18H33ClO3/c1-7-14(2)15(20)10-8-9-13-22-18(5,6)17(3,4)16(21)11-12-19/h14H,7-13H2,1-6H3. The van der Waals surface area contributed by atoms with E-state index in [0.29, 0.717) is 31.1 Å². The number of hydrogen-bond acceptors (Lipinski definition) is 3. The van der Waals surface area contributed by atoms with Crippen molar-refractivity contribution in [2.45, 2.75) is 79.2 Å².